The predicted molar refractivity (Wildman–Crippen MR) is 77.6 cm³/mol. The second-order valence-electron chi connectivity index (χ2n) is 5.07. The number of nitriles is 1. The quantitative estimate of drug-likeness (QED) is 0.560. The van der Waals surface area contributed by atoms with Crippen molar-refractivity contribution < 1.29 is 0 Å². The molecule has 1 aromatic rings. The van der Waals surface area contributed by atoms with Gasteiger partial charge < -0.3 is 0 Å². The first kappa shape index (κ1) is 14.8. The number of rotatable bonds is 8. The van der Waals surface area contributed by atoms with E-state index in [1.54, 1.807) is 0 Å². The monoisotopic (exact) mass is 243 g/mol. The second-order valence-corrected chi connectivity index (χ2v) is 5.07. The van der Waals surface area contributed by atoms with Gasteiger partial charge in [-0.1, -0.05) is 58.1 Å². The van der Waals surface area contributed by atoms with Crippen molar-refractivity contribution in [2.45, 2.75) is 64.7 Å². The zero-order valence-corrected chi connectivity index (χ0v) is 11.8. The summed E-state index contributed by atoms with van der Waals surface area (Å²) in [4.78, 5) is 0. The van der Waals surface area contributed by atoms with Gasteiger partial charge in [-0.3, -0.25) is 0 Å². The van der Waals surface area contributed by atoms with E-state index in [2.05, 4.69) is 32.0 Å². The summed E-state index contributed by atoms with van der Waals surface area (Å²) < 4.78 is 0. The van der Waals surface area contributed by atoms with Crippen molar-refractivity contribution in [2.75, 3.05) is 0 Å². The van der Waals surface area contributed by atoms with Crippen molar-refractivity contribution in [2.24, 2.45) is 0 Å². The number of hydrogen-bond acceptors (Lipinski definition) is 1. The molecule has 1 unspecified atom stereocenters. The fraction of sp³-hybridized carbons (Fsp3) is 0.588. The lowest BCUT2D eigenvalue weighted by Gasteiger charge is -2.17. The van der Waals surface area contributed by atoms with Gasteiger partial charge in [0.2, 0.25) is 0 Å². The first-order valence-electron chi connectivity index (χ1n) is 7.31. The van der Waals surface area contributed by atoms with Crippen LogP contribution in [0.2, 0.25) is 0 Å². The van der Waals surface area contributed by atoms with Crippen molar-refractivity contribution in [1.82, 2.24) is 0 Å². The SMILES string of the molecule is CCCCCC(CCCC)c1cccc(C#N)c1. The minimum Gasteiger partial charge on any atom is -0.192 e. The lowest BCUT2D eigenvalue weighted by atomic mass is 9.88. The maximum atomic E-state index is 8.98. The Balaban J connectivity index is 2.70. The van der Waals surface area contributed by atoms with E-state index in [0.717, 1.165) is 5.56 Å². The number of hydrogen-bond donors (Lipinski definition) is 0. The average molecular weight is 243 g/mol. The van der Waals surface area contributed by atoms with Crippen LogP contribution in [0.4, 0.5) is 0 Å². The van der Waals surface area contributed by atoms with E-state index in [9.17, 15) is 0 Å². The molecule has 1 nitrogen and oxygen atoms in total. The highest BCUT2D eigenvalue weighted by Crippen LogP contribution is 2.28. The van der Waals surface area contributed by atoms with Gasteiger partial charge in [-0.15, -0.1) is 0 Å². The molecule has 0 bridgehead atoms. The molecule has 98 valence electrons. The fourth-order valence-corrected chi connectivity index (χ4v) is 2.43. The van der Waals surface area contributed by atoms with Crippen LogP contribution in [0.25, 0.3) is 0 Å². The topological polar surface area (TPSA) is 23.8 Å². The Morgan fingerprint density at radius 2 is 1.78 bits per heavy atom. The molecule has 1 rings (SSSR count). The van der Waals surface area contributed by atoms with Crippen LogP contribution in [0.5, 0.6) is 0 Å². The molecular formula is C17H25N. The maximum Gasteiger partial charge on any atom is 0.0991 e. The third kappa shape index (κ3) is 4.92. The summed E-state index contributed by atoms with van der Waals surface area (Å²) in [5, 5.41) is 8.98. The molecule has 0 spiro atoms. The average Bonchev–Trinajstić information content (AvgIpc) is 2.42. The molecule has 0 amide bonds. The van der Waals surface area contributed by atoms with Gasteiger partial charge in [0.05, 0.1) is 11.6 Å². The second kappa shape index (κ2) is 8.75. The van der Waals surface area contributed by atoms with Crippen molar-refractivity contribution in [3.63, 3.8) is 0 Å². The lowest BCUT2D eigenvalue weighted by Crippen LogP contribution is -2.00. The van der Waals surface area contributed by atoms with E-state index in [0.29, 0.717) is 5.92 Å². The smallest absolute Gasteiger partial charge is 0.0991 e. The van der Waals surface area contributed by atoms with Gasteiger partial charge in [0.1, 0.15) is 0 Å². The highest BCUT2D eigenvalue weighted by atomic mass is 14.2. The summed E-state index contributed by atoms with van der Waals surface area (Å²) in [6, 6.07) is 10.4. The molecule has 0 aromatic heterocycles. The minimum atomic E-state index is 0.643. The van der Waals surface area contributed by atoms with Crippen LogP contribution in [0.3, 0.4) is 0 Å². The molecule has 0 aliphatic carbocycles. The Morgan fingerprint density at radius 3 is 2.44 bits per heavy atom. The third-order valence-electron chi connectivity index (χ3n) is 3.55. The Hall–Kier alpha value is -1.29. The highest BCUT2D eigenvalue weighted by Gasteiger charge is 2.11. The molecule has 18 heavy (non-hydrogen) atoms. The molecule has 0 aliphatic heterocycles. The van der Waals surface area contributed by atoms with Gasteiger partial charge in [0.15, 0.2) is 0 Å². The van der Waals surface area contributed by atoms with E-state index < -0.39 is 0 Å². The van der Waals surface area contributed by atoms with Crippen LogP contribution in [0, 0.1) is 11.3 Å². The minimum absolute atomic E-state index is 0.643. The fourth-order valence-electron chi connectivity index (χ4n) is 2.43. The first-order chi connectivity index (χ1) is 8.81. The van der Waals surface area contributed by atoms with Crippen LogP contribution in [-0.4, -0.2) is 0 Å². The molecule has 0 radical (unpaired) electrons. The van der Waals surface area contributed by atoms with Crippen LogP contribution >= 0.6 is 0 Å². The highest BCUT2D eigenvalue weighted by molar-refractivity contribution is 5.34. The first-order valence-corrected chi connectivity index (χ1v) is 7.31. The van der Waals surface area contributed by atoms with Crippen LogP contribution < -0.4 is 0 Å². The number of benzene rings is 1. The van der Waals surface area contributed by atoms with E-state index in [-0.39, 0.29) is 0 Å². The zero-order chi connectivity index (χ0) is 13.2. The third-order valence-corrected chi connectivity index (χ3v) is 3.55. The summed E-state index contributed by atoms with van der Waals surface area (Å²) >= 11 is 0. The summed E-state index contributed by atoms with van der Waals surface area (Å²) in [7, 11) is 0. The van der Waals surface area contributed by atoms with Crippen molar-refractivity contribution in [3.05, 3.63) is 35.4 Å². The van der Waals surface area contributed by atoms with Gasteiger partial charge in [-0.2, -0.15) is 5.26 Å². The molecule has 1 atom stereocenters. The molecule has 0 saturated heterocycles. The maximum absolute atomic E-state index is 8.98. The molecule has 0 N–H and O–H groups in total. The molecule has 0 aliphatic rings. The standard InChI is InChI=1S/C17H25N/c1-3-5-7-11-16(10-6-4-2)17-12-8-9-15(13-17)14-18/h8-9,12-13,16H,3-7,10-11H2,1-2H3. The van der Waals surface area contributed by atoms with Crippen LogP contribution in [0.1, 0.15) is 75.8 Å². The number of unbranched alkanes of at least 4 members (excludes halogenated alkanes) is 3. The normalized spacial score (nSPS) is 12.1. The van der Waals surface area contributed by atoms with E-state index in [4.69, 9.17) is 5.26 Å². The van der Waals surface area contributed by atoms with Crippen molar-refractivity contribution >= 4 is 0 Å². The Bertz CT molecular complexity index is 375. The zero-order valence-electron chi connectivity index (χ0n) is 11.8. The van der Waals surface area contributed by atoms with Gasteiger partial charge in [0, 0.05) is 0 Å². The van der Waals surface area contributed by atoms with E-state index in [1.807, 2.05) is 12.1 Å². The predicted octanol–water partition coefficient (Wildman–Crippen LogP) is 5.41. The number of nitrogens with zero attached hydrogens (tertiary/aromatic N) is 1. The Morgan fingerprint density at radius 1 is 1.06 bits per heavy atom. The molecule has 1 heteroatoms. The van der Waals surface area contributed by atoms with Crippen LogP contribution in [0.15, 0.2) is 24.3 Å². The molecular weight excluding hydrogens is 218 g/mol. The summed E-state index contributed by atoms with van der Waals surface area (Å²) in [5.41, 5.74) is 2.16. The van der Waals surface area contributed by atoms with Gasteiger partial charge in [-0.05, 0) is 36.5 Å². The lowest BCUT2D eigenvalue weighted by molar-refractivity contribution is 0.515. The van der Waals surface area contributed by atoms with Crippen molar-refractivity contribution in [3.8, 4) is 6.07 Å². The summed E-state index contributed by atoms with van der Waals surface area (Å²) in [5.74, 6) is 0.643. The van der Waals surface area contributed by atoms with Gasteiger partial charge in [0.25, 0.3) is 0 Å². The molecule has 0 saturated carbocycles. The van der Waals surface area contributed by atoms with Crippen molar-refractivity contribution in [1.29, 1.82) is 5.26 Å². The Kier molecular flexibility index (Phi) is 7.18. The molecule has 0 heterocycles. The van der Waals surface area contributed by atoms with Gasteiger partial charge >= 0.3 is 0 Å². The summed E-state index contributed by atoms with van der Waals surface area (Å²) in [6.07, 6.45) is 8.97. The largest absolute Gasteiger partial charge is 0.192 e. The van der Waals surface area contributed by atoms with E-state index >= 15 is 0 Å². The van der Waals surface area contributed by atoms with E-state index in [1.165, 1.54) is 50.5 Å². The molecule has 1 aromatic carbocycles. The van der Waals surface area contributed by atoms with Gasteiger partial charge in [-0.25, -0.2) is 0 Å². The Labute approximate surface area is 112 Å². The summed E-state index contributed by atoms with van der Waals surface area (Å²) in [6.45, 7) is 4.49. The van der Waals surface area contributed by atoms with Crippen LogP contribution in [-0.2, 0) is 0 Å². The molecule has 0 fully saturated rings.